The summed E-state index contributed by atoms with van der Waals surface area (Å²) in [5.74, 6) is -0.377. The Morgan fingerprint density at radius 3 is 2.77 bits per heavy atom. The van der Waals surface area contributed by atoms with Gasteiger partial charge in [-0.25, -0.2) is 0 Å². The normalized spacial score (nSPS) is 12.4. The van der Waals surface area contributed by atoms with Crippen molar-refractivity contribution in [1.82, 2.24) is 0 Å². The van der Waals surface area contributed by atoms with Gasteiger partial charge < -0.3 is 16.6 Å². The first-order chi connectivity index (χ1) is 6.09. The molecule has 0 aliphatic rings. The van der Waals surface area contributed by atoms with E-state index in [1.54, 1.807) is 24.3 Å². The third-order valence-corrected chi connectivity index (χ3v) is 1.73. The molecule has 4 nitrogen and oxygen atoms in total. The summed E-state index contributed by atoms with van der Waals surface area (Å²) in [4.78, 5) is 10.6. The predicted octanol–water partition coefficient (Wildman–Crippen LogP) is -0.253. The lowest BCUT2D eigenvalue weighted by atomic mass is 10.1. The summed E-state index contributed by atoms with van der Waals surface area (Å²) in [5, 5.41) is 9.11. The van der Waals surface area contributed by atoms with Crippen LogP contribution in [0.5, 0.6) is 5.75 Å². The second-order valence-corrected chi connectivity index (χ2v) is 2.88. The number of primary amides is 1. The van der Waals surface area contributed by atoms with Gasteiger partial charge in [-0.2, -0.15) is 0 Å². The first-order valence-electron chi connectivity index (χ1n) is 3.92. The van der Waals surface area contributed by atoms with Crippen molar-refractivity contribution >= 4 is 5.91 Å². The average molecular weight is 180 g/mol. The number of phenolic OH excluding ortho intramolecular Hbond substituents is 1. The topological polar surface area (TPSA) is 89.3 Å². The molecule has 1 rings (SSSR count). The van der Waals surface area contributed by atoms with Gasteiger partial charge in [-0.05, 0) is 24.1 Å². The summed E-state index contributed by atoms with van der Waals surface area (Å²) in [6.07, 6.45) is 0.351. The summed E-state index contributed by atoms with van der Waals surface area (Å²) in [6, 6.07) is 5.89. The number of benzene rings is 1. The van der Waals surface area contributed by atoms with Crippen molar-refractivity contribution in [2.75, 3.05) is 0 Å². The lowest BCUT2D eigenvalue weighted by Gasteiger charge is -2.06. The number of aromatic hydroxyl groups is 1. The van der Waals surface area contributed by atoms with Crippen molar-refractivity contribution in [3.05, 3.63) is 29.8 Å². The van der Waals surface area contributed by atoms with E-state index in [9.17, 15) is 4.79 Å². The van der Waals surface area contributed by atoms with Crippen molar-refractivity contribution in [3.63, 3.8) is 0 Å². The number of hydrogen-bond acceptors (Lipinski definition) is 3. The quantitative estimate of drug-likeness (QED) is 0.599. The third kappa shape index (κ3) is 2.76. The number of hydrogen-bond donors (Lipinski definition) is 3. The van der Waals surface area contributed by atoms with Gasteiger partial charge in [-0.1, -0.05) is 12.1 Å². The Bertz CT molecular complexity index is 312. The zero-order valence-corrected chi connectivity index (χ0v) is 7.10. The first-order valence-corrected chi connectivity index (χ1v) is 3.92. The zero-order chi connectivity index (χ0) is 9.84. The number of rotatable bonds is 3. The Balaban J connectivity index is 2.69. The Morgan fingerprint density at radius 2 is 2.23 bits per heavy atom. The molecule has 70 valence electrons. The molecule has 1 unspecified atom stereocenters. The summed E-state index contributed by atoms with van der Waals surface area (Å²) in [7, 11) is 0. The van der Waals surface area contributed by atoms with E-state index in [1.165, 1.54) is 0 Å². The fourth-order valence-electron chi connectivity index (χ4n) is 1.04. The third-order valence-electron chi connectivity index (χ3n) is 1.73. The van der Waals surface area contributed by atoms with Gasteiger partial charge in [0.25, 0.3) is 0 Å². The number of phenols is 1. The van der Waals surface area contributed by atoms with Crippen molar-refractivity contribution in [2.45, 2.75) is 12.5 Å². The van der Waals surface area contributed by atoms with Crippen molar-refractivity contribution < 1.29 is 9.90 Å². The van der Waals surface area contributed by atoms with Crippen LogP contribution in [0.25, 0.3) is 0 Å². The second kappa shape index (κ2) is 3.91. The molecule has 0 spiro atoms. The van der Waals surface area contributed by atoms with Gasteiger partial charge in [0.05, 0.1) is 6.04 Å². The van der Waals surface area contributed by atoms with E-state index in [0.717, 1.165) is 5.56 Å². The van der Waals surface area contributed by atoms with E-state index in [0.29, 0.717) is 6.42 Å². The highest BCUT2D eigenvalue weighted by Gasteiger charge is 2.09. The molecule has 1 aromatic carbocycles. The van der Waals surface area contributed by atoms with Crippen molar-refractivity contribution in [3.8, 4) is 5.75 Å². The standard InChI is InChI=1S/C9H12N2O2/c10-8(9(11)13)5-6-2-1-3-7(12)4-6/h1-4,8,12H,5,10H2,(H2,11,13). The maximum absolute atomic E-state index is 10.6. The van der Waals surface area contributed by atoms with E-state index < -0.39 is 11.9 Å². The smallest absolute Gasteiger partial charge is 0.234 e. The highest BCUT2D eigenvalue weighted by Crippen LogP contribution is 2.11. The summed E-state index contributed by atoms with van der Waals surface area (Å²) in [6.45, 7) is 0. The molecule has 1 amide bonds. The molecule has 1 aromatic rings. The Morgan fingerprint density at radius 1 is 1.54 bits per heavy atom. The number of amides is 1. The molecule has 0 heterocycles. The molecule has 0 aliphatic carbocycles. The Labute approximate surface area is 76.2 Å². The molecule has 0 bridgehead atoms. The highest BCUT2D eigenvalue weighted by molar-refractivity contribution is 5.79. The summed E-state index contributed by atoms with van der Waals surface area (Å²) >= 11 is 0. The summed E-state index contributed by atoms with van der Waals surface area (Å²) < 4.78 is 0. The molecule has 0 radical (unpaired) electrons. The average Bonchev–Trinajstić information content (AvgIpc) is 2.04. The fourth-order valence-corrected chi connectivity index (χ4v) is 1.04. The van der Waals surface area contributed by atoms with Crippen LogP contribution >= 0.6 is 0 Å². The van der Waals surface area contributed by atoms with Crippen molar-refractivity contribution in [1.29, 1.82) is 0 Å². The molecule has 0 aromatic heterocycles. The molecular formula is C9H12N2O2. The molecule has 0 saturated heterocycles. The molecule has 13 heavy (non-hydrogen) atoms. The van der Waals surface area contributed by atoms with Gasteiger partial charge in [0, 0.05) is 0 Å². The molecule has 5 N–H and O–H groups in total. The maximum Gasteiger partial charge on any atom is 0.234 e. The monoisotopic (exact) mass is 180 g/mol. The second-order valence-electron chi connectivity index (χ2n) is 2.88. The molecule has 0 saturated carbocycles. The van der Waals surface area contributed by atoms with Crippen LogP contribution in [0.3, 0.4) is 0 Å². The first kappa shape index (κ1) is 9.54. The lowest BCUT2D eigenvalue weighted by molar-refractivity contribution is -0.119. The van der Waals surface area contributed by atoms with Crippen LogP contribution in [-0.4, -0.2) is 17.1 Å². The minimum Gasteiger partial charge on any atom is -0.508 e. The maximum atomic E-state index is 10.6. The Kier molecular flexibility index (Phi) is 2.87. The van der Waals surface area contributed by atoms with E-state index in [-0.39, 0.29) is 5.75 Å². The van der Waals surface area contributed by atoms with E-state index in [4.69, 9.17) is 16.6 Å². The van der Waals surface area contributed by atoms with Gasteiger partial charge in [0.1, 0.15) is 5.75 Å². The number of carbonyl (C=O) groups is 1. The van der Waals surface area contributed by atoms with Crippen LogP contribution in [0, 0.1) is 0 Å². The summed E-state index contributed by atoms with van der Waals surface area (Å²) in [5.41, 5.74) is 11.2. The molecule has 0 fully saturated rings. The van der Waals surface area contributed by atoms with Crippen LogP contribution in [-0.2, 0) is 11.2 Å². The van der Waals surface area contributed by atoms with Gasteiger partial charge in [-0.15, -0.1) is 0 Å². The lowest BCUT2D eigenvalue weighted by Crippen LogP contribution is -2.38. The minimum atomic E-state index is -0.693. The van der Waals surface area contributed by atoms with Gasteiger partial charge in [0.2, 0.25) is 5.91 Å². The fraction of sp³-hybridized carbons (Fsp3) is 0.222. The van der Waals surface area contributed by atoms with E-state index in [1.807, 2.05) is 0 Å². The van der Waals surface area contributed by atoms with Crippen LogP contribution in [0.2, 0.25) is 0 Å². The van der Waals surface area contributed by atoms with E-state index in [2.05, 4.69) is 0 Å². The molecule has 0 aliphatic heterocycles. The van der Waals surface area contributed by atoms with Crippen LogP contribution in [0.4, 0.5) is 0 Å². The van der Waals surface area contributed by atoms with Gasteiger partial charge in [-0.3, -0.25) is 4.79 Å². The van der Waals surface area contributed by atoms with Gasteiger partial charge in [0.15, 0.2) is 0 Å². The largest absolute Gasteiger partial charge is 0.508 e. The molecular weight excluding hydrogens is 168 g/mol. The molecule has 1 atom stereocenters. The van der Waals surface area contributed by atoms with E-state index >= 15 is 0 Å². The highest BCUT2D eigenvalue weighted by atomic mass is 16.3. The van der Waals surface area contributed by atoms with Crippen molar-refractivity contribution in [2.24, 2.45) is 11.5 Å². The van der Waals surface area contributed by atoms with Crippen LogP contribution < -0.4 is 11.5 Å². The Hall–Kier alpha value is -1.55. The minimum absolute atomic E-state index is 0.161. The van der Waals surface area contributed by atoms with Gasteiger partial charge >= 0.3 is 0 Å². The SMILES string of the molecule is NC(=O)C(N)Cc1cccc(O)c1. The van der Waals surface area contributed by atoms with Crippen LogP contribution in [0.15, 0.2) is 24.3 Å². The predicted molar refractivity (Wildman–Crippen MR) is 49.0 cm³/mol. The van der Waals surface area contributed by atoms with Crippen LogP contribution in [0.1, 0.15) is 5.56 Å². The number of nitrogens with two attached hydrogens (primary N) is 2. The number of carbonyl (C=O) groups excluding carboxylic acids is 1. The molecule has 4 heteroatoms. The zero-order valence-electron chi connectivity index (χ0n) is 7.10.